The summed E-state index contributed by atoms with van der Waals surface area (Å²) in [5.41, 5.74) is 2.02. The third-order valence-corrected chi connectivity index (χ3v) is 3.81. The van der Waals surface area contributed by atoms with Crippen molar-refractivity contribution in [2.24, 2.45) is 0 Å². The fourth-order valence-corrected chi connectivity index (χ4v) is 2.36. The van der Waals surface area contributed by atoms with Crippen molar-refractivity contribution in [3.8, 4) is 17.0 Å². The normalized spacial score (nSPS) is 11.2. The SMILES string of the molecule is O=C(COc1ccc(C(F)(F)F)cc1)NCc1ccc(-c2ccn[nH]2)cc1. The van der Waals surface area contributed by atoms with Crippen molar-refractivity contribution in [2.45, 2.75) is 12.7 Å². The van der Waals surface area contributed by atoms with Crippen molar-refractivity contribution < 1.29 is 22.7 Å². The lowest BCUT2D eigenvalue weighted by Gasteiger charge is -2.10. The van der Waals surface area contributed by atoms with Crippen LogP contribution in [0.5, 0.6) is 5.75 Å². The highest BCUT2D eigenvalue weighted by molar-refractivity contribution is 5.77. The Morgan fingerprint density at radius 1 is 1.04 bits per heavy atom. The van der Waals surface area contributed by atoms with Gasteiger partial charge < -0.3 is 10.1 Å². The summed E-state index contributed by atoms with van der Waals surface area (Å²) in [7, 11) is 0. The molecule has 0 aliphatic rings. The van der Waals surface area contributed by atoms with Crippen molar-refractivity contribution in [1.29, 1.82) is 0 Å². The minimum Gasteiger partial charge on any atom is -0.484 e. The molecule has 3 rings (SSSR count). The maximum atomic E-state index is 12.5. The molecule has 2 aromatic carbocycles. The molecule has 0 unspecified atom stereocenters. The highest BCUT2D eigenvalue weighted by atomic mass is 19.4. The molecule has 1 heterocycles. The van der Waals surface area contributed by atoms with Gasteiger partial charge in [-0.1, -0.05) is 24.3 Å². The quantitative estimate of drug-likeness (QED) is 0.689. The van der Waals surface area contributed by atoms with Gasteiger partial charge in [0.1, 0.15) is 5.75 Å². The van der Waals surface area contributed by atoms with Crippen LogP contribution in [-0.4, -0.2) is 22.7 Å². The molecule has 140 valence electrons. The maximum Gasteiger partial charge on any atom is 0.416 e. The zero-order valence-electron chi connectivity index (χ0n) is 14.1. The van der Waals surface area contributed by atoms with Crippen LogP contribution in [-0.2, 0) is 17.5 Å². The van der Waals surface area contributed by atoms with Crippen molar-refractivity contribution in [3.63, 3.8) is 0 Å². The van der Waals surface area contributed by atoms with Crippen LogP contribution in [0.15, 0.2) is 60.8 Å². The van der Waals surface area contributed by atoms with Crippen molar-refractivity contribution in [2.75, 3.05) is 6.61 Å². The predicted molar refractivity (Wildman–Crippen MR) is 92.8 cm³/mol. The number of carbonyl (C=O) groups is 1. The number of hydrogen-bond donors (Lipinski definition) is 2. The van der Waals surface area contributed by atoms with Crippen LogP contribution in [0.25, 0.3) is 11.3 Å². The first-order valence-electron chi connectivity index (χ1n) is 8.07. The first kappa shape index (κ1) is 18.5. The first-order valence-corrected chi connectivity index (χ1v) is 8.07. The summed E-state index contributed by atoms with van der Waals surface area (Å²) in [6, 6.07) is 13.6. The summed E-state index contributed by atoms with van der Waals surface area (Å²) in [6.07, 6.45) is -2.73. The topological polar surface area (TPSA) is 67.0 Å². The second kappa shape index (κ2) is 7.94. The number of hydrogen-bond acceptors (Lipinski definition) is 3. The third-order valence-electron chi connectivity index (χ3n) is 3.81. The van der Waals surface area contributed by atoms with E-state index < -0.39 is 11.7 Å². The number of aromatic nitrogens is 2. The highest BCUT2D eigenvalue weighted by Crippen LogP contribution is 2.30. The van der Waals surface area contributed by atoms with Gasteiger partial charge in [0.25, 0.3) is 5.91 Å². The summed E-state index contributed by atoms with van der Waals surface area (Å²) in [5.74, 6) is -0.172. The van der Waals surface area contributed by atoms with E-state index in [0.717, 1.165) is 29.0 Å². The number of carbonyl (C=O) groups excluding carboxylic acids is 1. The molecule has 0 saturated carbocycles. The summed E-state index contributed by atoms with van der Waals surface area (Å²) < 4.78 is 42.7. The molecule has 0 atom stereocenters. The second-order valence-electron chi connectivity index (χ2n) is 5.75. The van der Waals surface area contributed by atoms with Gasteiger partial charge in [0.15, 0.2) is 6.61 Å². The smallest absolute Gasteiger partial charge is 0.416 e. The number of halogens is 3. The van der Waals surface area contributed by atoms with Crippen LogP contribution in [0.2, 0.25) is 0 Å². The van der Waals surface area contributed by atoms with Crippen LogP contribution < -0.4 is 10.1 Å². The van der Waals surface area contributed by atoms with Crippen LogP contribution in [0, 0.1) is 0 Å². The molecule has 0 aliphatic carbocycles. The van der Waals surface area contributed by atoms with Gasteiger partial charge in [0, 0.05) is 12.7 Å². The van der Waals surface area contributed by atoms with Gasteiger partial charge >= 0.3 is 6.18 Å². The number of benzene rings is 2. The molecular weight excluding hydrogens is 359 g/mol. The molecule has 5 nitrogen and oxygen atoms in total. The minimum atomic E-state index is -4.40. The molecule has 1 aromatic heterocycles. The molecule has 1 amide bonds. The second-order valence-corrected chi connectivity index (χ2v) is 5.75. The van der Waals surface area contributed by atoms with Gasteiger partial charge in [0.2, 0.25) is 0 Å². The standard InChI is InChI=1S/C19H16F3N3O2/c20-19(21,22)15-5-7-16(8-6-15)27-12-18(26)23-11-13-1-3-14(4-2-13)17-9-10-24-25-17/h1-10H,11-12H2,(H,23,26)(H,24,25). The van der Waals surface area contributed by atoms with E-state index >= 15 is 0 Å². The molecule has 0 bridgehead atoms. The average Bonchev–Trinajstić information content (AvgIpc) is 3.19. The molecule has 0 radical (unpaired) electrons. The Morgan fingerprint density at radius 2 is 1.74 bits per heavy atom. The van der Waals surface area contributed by atoms with Gasteiger partial charge in [-0.2, -0.15) is 18.3 Å². The van der Waals surface area contributed by atoms with E-state index in [9.17, 15) is 18.0 Å². The number of alkyl halides is 3. The van der Waals surface area contributed by atoms with Crippen LogP contribution in [0.4, 0.5) is 13.2 Å². The summed E-state index contributed by atoms with van der Waals surface area (Å²) >= 11 is 0. The summed E-state index contributed by atoms with van der Waals surface area (Å²) in [4.78, 5) is 11.8. The molecule has 0 spiro atoms. The molecular formula is C19H16F3N3O2. The van der Waals surface area contributed by atoms with Crippen molar-refractivity contribution >= 4 is 5.91 Å². The molecule has 0 aliphatic heterocycles. The van der Waals surface area contributed by atoms with Crippen molar-refractivity contribution in [1.82, 2.24) is 15.5 Å². The van der Waals surface area contributed by atoms with E-state index in [1.54, 1.807) is 6.20 Å². The monoisotopic (exact) mass is 375 g/mol. The Morgan fingerprint density at radius 3 is 2.33 bits per heavy atom. The van der Waals surface area contributed by atoms with Crippen molar-refractivity contribution in [3.05, 3.63) is 71.9 Å². The van der Waals surface area contributed by atoms with Crippen LogP contribution in [0.1, 0.15) is 11.1 Å². The van der Waals surface area contributed by atoms with E-state index in [2.05, 4.69) is 15.5 Å². The lowest BCUT2D eigenvalue weighted by Crippen LogP contribution is -2.28. The minimum absolute atomic E-state index is 0.196. The first-order chi connectivity index (χ1) is 12.9. The number of nitrogens with one attached hydrogen (secondary N) is 2. The molecule has 27 heavy (non-hydrogen) atoms. The van der Waals surface area contributed by atoms with E-state index in [1.165, 1.54) is 12.1 Å². The predicted octanol–water partition coefficient (Wildman–Crippen LogP) is 3.79. The molecule has 3 aromatic rings. The Bertz CT molecular complexity index is 874. The number of amides is 1. The summed E-state index contributed by atoms with van der Waals surface area (Å²) in [5, 5.41) is 9.45. The molecule has 0 saturated heterocycles. The summed E-state index contributed by atoms with van der Waals surface area (Å²) in [6.45, 7) is 0.0378. The van der Waals surface area contributed by atoms with Gasteiger partial charge in [-0.25, -0.2) is 0 Å². The Labute approximate surface area is 153 Å². The van der Waals surface area contributed by atoms with E-state index in [0.29, 0.717) is 6.54 Å². The Hall–Kier alpha value is -3.29. The third kappa shape index (κ3) is 5.10. The fourth-order valence-electron chi connectivity index (χ4n) is 2.36. The highest BCUT2D eigenvalue weighted by Gasteiger charge is 2.30. The Kier molecular flexibility index (Phi) is 5.44. The number of H-pyrrole nitrogens is 1. The van der Waals surface area contributed by atoms with Crippen LogP contribution >= 0.6 is 0 Å². The van der Waals surface area contributed by atoms with E-state index in [1.807, 2.05) is 30.3 Å². The molecule has 8 heteroatoms. The lowest BCUT2D eigenvalue weighted by atomic mass is 10.1. The average molecular weight is 375 g/mol. The fraction of sp³-hybridized carbons (Fsp3) is 0.158. The zero-order chi connectivity index (χ0) is 19.3. The number of ether oxygens (including phenoxy) is 1. The largest absolute Gasteiger partial charge is 0.484 e. The lowest BCUT2D eigenvalue weighted by molar-refractivity contribution is -0.137. The molecule has 2 N–H and O–H groups in total. The van der Waals surface area contributed by atoms with E-state index in [4.69, 9.17) is 4.74 Å². The van der Waals surface area contributed by atoms with E-state index in [-0.39, 0.29) is 18.3 Å². The van der Waals surface area contributed by atoms with Gasteiger partial charge in [0.05, 0.1) is 11.3 Å². The number of aromatic amines is 1. The van der Waals surface area contributed by atoms with Gasteiger partial charge in [-0.15, -0.1) is 0 Å². The van der Waals surface area contributed by atoms with Crippen LogP contribution in [0.3, 0.4) is 0 Å². The maximum absolute atomic E-state index is 12.5. The van der Waals surface area contributed by atoms with Gasteiger partial charge in [-0.3, -0.25) is 9.89 Å². The number of nitrogens with zero attached hydrogens (tertiary/aromatic N) is 1. The number of rotatable bonds is 6. The van der Waals surface area contributed by atoms with Gasteiger partial charge in [-0.05, 0) is 41.5 Å². The zero-order valence-corrected chi connectivity index (χ0v) is 14.1. The Balaban J connectivity index is 1.46. The molecule has 0 fully saturated rings.